The number of amides is 2. The topological polar surface area (TPSA) is 67.9 Å². The first-order valence-electron chi connectivity index (χ1n) is 9.90. The zero-order valence-electron chi connectivity index (χ0n) is 16.3. The second-order valence-electron chi connectivity index (χ2n) is 7.08. The zero-order chi connectivity index (χ0) is 20.2. The molecule has 0 radical (unpaired) electrons. The number of nitrogens with one attached hydrogen (secondary N) is 1. The summed E-state index contributed by atoms with van der Waals surface area (Å²) in [6.45, 7) is 5.77. The van der Waals surface area contributed by atoms with E-state index in [-0.39, 0.29) is 11.8 Å². The molecule has 4 rings (SSSR count). The van der Waals surface area contributed by atoms with Gasteiger partial charge in [-0.3, -0.25) is 9.59 Å². The molecular weight excluding hydrogens is 368 g/mol. The first kappa shape index (κ1) is 19.1. The molecule has 0 fully saturated rings. The van der Waals surface area contributed by atoms with Gasteiger partial charge in [0.15, 0.2) is 11.5 Å². The molecule has 1 N–H and O–H groups in total. The number of rotatable bonds is 4. The third kappa shape index (κ3) is 3.83. The molecule has 2 heterocycles. The Kier molecular flexibility index (Phi) is 5.51. The average molecular weight is 392 g/mol. The van der Waals surface area contributed by atoms with Crippen LogP contribution in [0.25, 0.3) is 0 Å². The summed E-state index contributed by atoms with van der Waals surface area (Å²) in [7, 11) is 0. The molecule has 2 aliphatic heterocycles. The van der Waals surface area contributed by atoms with Crippen LogP contribution in [0, 0.1) is 0 Å². The van der Waals surface area contributed by atoms with E-state index in [4.69, 9.17) is 9.47 Å². The predicted octanol–water partition coefficient (Wildman–Crippen LogP) is 3.24. The Balaban J connectivity index is 1.55. The van der Waals surface area contributed by atoms with Gasteiger partial charge in [0.1, 0.15) is 0 Å². The zero-order valence-corrected chi connectivity index (χ0v) is 16.3. The van der Waals surface area contributed by atoms with Crippen molar-refractivity contribution in [1.29, 1.82) is 0 Å². The largest absolute Gasteiger partial charge is 0.490 e. The summed E-state index contributed by atoms with van der Waals surface area (Å²) in [6.07, 6.45) is 3.72. The number of ether oxygens (including phenoxy) is 2. The summed E-state index contributed by atoms with van der Waals surface area (Å²) >= 11 is 0. The number of carbonyl (C=O) groups excluding carboxylic acids is 2. The quantitative estimate of drug-likeness (QED) is 0.811. The minimum absolute atomic E-state index is 0.146. The van der Waals surface area contributed by atoms with Crippen molar-refractivity contribution in [3.63, 3.8) is 0 Å². The summed E-state index contributed by atoms with van der Waals surface area (Å²) in [5, 5.41) is 3.00. The average Bonchev–Trinajstić information content (AvgIpc) is 3.02. The van der Waals surface area contributed by atoms with E-state index in [9.17, 15) is 9.59 Å². The first-order chi connectivity index (χ1) is 14.2. The van der Waals surface area contributed by atoms with E-state index in [1.165, 1.54) is 6.08 Å². The van der Waals surface area contributed by atoms with Crippen molar-refractivity contribution in [2.45, 2.75) is 25.8 Å². The van der Waals surface area contributed by atoms with Gasteiger partial charge < -0.3 is 19.7 Å². The van der Waals surface area contributed by atoms with E-state index in [0.29, 0.717) is 43.4 Å². The molecule has 0 bridgehead atoms. The summed E-state index contributed by atoms with van der Waals surface area (Å²) < 4.78 is 11.5. The summed E-state index contributed by atoms with van der Waals surface area (Å²) in [5.41, 5.74) is 3.17. The molecule has 0 aliphatic carbocycles. The molecule has 6 nitrogen and oxygen atoms in total. The van der Waals surface area contributed by atoms with Crippen molar-refractivity contribution < 1.29 is 19.1 Å². The van der Waals surface area contributed by atoms with Crippen LogP contribution in [0.15, 0.2) is 49.1 Å². The van der Waals surface area contributed by atoms with E-state index in [0.717, 1.165) is 36.1 Å². The SMILES string of the molecule is C=CC(=O)N1CCCc2c(C(=O)NCc3cccc4c3OCCCO4)cccc21. The molecule has 0 unspecified atom stereocenters. The van der Waals surface area contributed by atoms with Crippen molar-refractivity contribution in [3.8, 4) is 11.5 Å². The molecular formula is C23H24N2O4. The fourth-order valence-corrected chi connectivity index (χ4v) is 3.84. The Labute approximate surface area is 170 Å². The van der Waals surface area contributed by atoms with Crippen LogP contribution in [-0.4, -0.2) is 31.6 Å². The maximum Gasteiger partial charge on any atom is 0.251 e. The van der Waals surface area contributed by atoms with Gasteiger partial charge >= 0.3 is 0 Å². The van der Waals surface area contributed by atoms with Gasteiger partial charge in [-0.15, -0.1) is 0 Å². The number of fused-ring (bicyclic) bond motifs is 2. The van der Waals surface area contributed by atoms with Crippen LogP contribution >= 0.6 is 0 Å². The maximum absolute atomic E-state index is 13.0. The highest BCUT2D eigenvalue weighted by molar-refractivity contribution is 6.04. The van der Waals surface area contributed by atoms with Gasteiger partial charge in [0.2, 0.25) is 5.91 Å². The fourth-order valence-electron chi connectivity index (χ4n) is 3.84. The molecule has 6 heteroatoms. The Morgan fingerprint density at radius 2 is 1.93 bits per heavy atom. The molecule has 0 spiro atoms. The van der Waals surface area contributed by atoms with Gasteiger partial charge in [0, 0.05) is 36.3 Å². The van der Waals surface area contributed by atoms with E-state index in [1.54, 1.807) is 11.0 Å². The normalized spacial score (nSPS) is 15.1. The lowest BCUT2D eigenvalue weighted by molar-refractivity contribution is -0.114. The van der Waals surface area contributed by atoms with Crippen molar-refractivity contribution >= 4 is 17.5 Å². The number of hydrogen-bond donors (Lipinski definition) is 1. The monoisotopic (exact) mass is 392 g/mol. The van der Waals surface area contributed by atoms with E-state index >= 15 is 0 Å². The third-order valence-electron chi connectivity index (χ3n) is 5.23. The Bertz CT molecular complexity index is 954. The van der Waals surface area contributed by atoms with Gasteiger partial charge in [-0.2, -0.15) is 0 Å². The van der Waals surface area contributed by atoms with Crippen LogP contribution < -0.4 is 19.7 Å². The predicted molar refractivity (Wildman–Crippen MR) is 111 cm³/mol. The lowest BCUT2D eigenvalue weighted by Crippen LogP contribution is -2.35. The highest BCUT2D eigenvalue weighted by Gasteiger charge is 2.25. The smallest absolute Gasteiger partial charge is 0.251 e. The number of benzene rings is 2. The molecule has 2 aromatic carbocycles. The minimum atomic E-state index is -0.165. The van der Waals surface area contributed by atoms with Crippen molar-refractivity contribution in [1.82, 2.24) is 5.32 Å². The van der Waals surface area contributed by atoms with Gasteiger partial charge in [-0.05, 0) is 42.7 Å². The number of carbonyl (C=O) groups is 2. The highest BCUT2D eigenvalue weighted by atomic mass is 16.5. The van der Waals surface area contributed by atoms with Gasteiger partial charge in [0.05, 0.1) is 13.2 Å². The van der Waals surface area contributed by atoms with E-state index < -0.39 is 0 Å². The van der Waals surface area contributed by atoms with E-state index in [1.807, 2.05) is 30.3 Å². The summed E-state index contributed by atoms with van der Waals surface area (Å²) in [6, 6.07) is 11.2. The minimum Gasteiger partial charge on any atom is -0.490 e. The van der Waals surface area contributed by atoms with Crippen LogP contribution in [0.5, 0.6) is 11.5 Å². The van der Waals surface area contributed by atoms with Crippen molar-refractivity contribution in [3.05, 3.63) is 65.7 Å². The number of nitrogens with zero attached hydrogens (tertiary/aromatic N) is 1. The van der Waals surface area contributed by atoms with Crippen LogP contribution in [0.3, 0.4) is 0 Å². The molecule has 0 saturated carbocycles. The second-order valence-corrected chi connectivity index (χ2v) is 7.08. The molecule has 150 valence electrons. The third-order valence-corrected chi connectivity index (χ3v) is 5.23. The molecule has 2 amide bonds. The first-order valence-corrected chi connectivity index (χ1v) is 9.90. The van der Waals surface area contributed by atoms with Crippen LogP contribution in [0.1, 0.15) is 34.3 Å². The Morgan fingerprint density at radius 1 is 1.10 bits per heavy atom. The van der Waals surface area contributed by atoms with Crippen molar-refractivity contribution in [2.75, 3.05) is 24.7 Å². The van der Waals surface area contributed by atoms with Crippen LogP contribution in [0.2, 0.25) is 0 Å². The summed E-state index contributed by atoms with van der Waals surface area (Å²) in [5.74, 6) is 1.10. The molecule has 29 heavy (non-hydrogen) atoms. The maximum atomic E-state index is 13.0. The molecule has 0 aromatic heterocycles. The molecule has 0 saturated heterocycles. The Morgan fingerprint density at radius 3 is 2.79 bits per heavy atom. The van der Waals surface area contributed by atoms with Crippen LogP contribution in [-0.2, 0) is 17.8 Å². The van der Waals surface area contributed by atoms with Crippen LogP contribution in [0.4, 0.5) is 5.69 Å². The van der Waals surface area contributed by atoms with E-state index in [2.05, 4.69) is 11.9 Å². The standard InChI is InChI=1S/C23H24N2O4/c1-2-21(26)25-12-5-9-17-18(8-4-10-19(17)25)23(27)24-15-16-7-3-11-20-22(16)29-14-6-13-28-20/h2-4,7-8,10-11H,1,5-6,9,12-15H2,(H,24,27). The lowest BCUT2D eigenvalue weighted by Gasteiger charge is -2.29. The molecule has 2 aliphatic rings. The Hall–Kier alpha value is -3.28. The molecule has 0 atom stereocenters. The number of anilines is 1. The van der Waals surface area contributed by atoms with Gasteiger partial charge in [-0.1, -0.05) is 24.8 Å². The summed E-state index contributed by atoms with van der Waals surface area (Å²) in [4.78, 5) is 26.8. The van der Waals surface area contributed by atoms with Crippen molar-refractivity contribution in [2.24, 2.45) is 0 Å². The molecule has 2 aromatic rings. The highest BCUT2D eigenvalue weighted by Crippen LogP contribution is 2.33. The number of para-hydroxylation sites is 1. The lowest BCUT2D eigenvalue weighted by atomic mass is 9.95. The second kappa shape index (κ2) is 8.39. The van der Waals surface area contributed by atoms with Gasteiger partial charge in [-0.25, -0.2) is 0 Å². The number of hydrogen-bond acceptors (Lipinski definition) is 4. The van der Waals surface area contributed by atoms with Gasteiger partial charge in [0.25, 0.3) is 5.91 Å². The fraction of sp³-hybridized carbons (Fsp3) is 0.304.